The van der Waals surface area contributed by atoms with Crippen molar-refractivity contribution in [2.24, 2.45) is 5.73 Å². The molecule has 0 unspecified atom stereocenters. The fourth-order valence-corrected chi connectivity index (χ4v) is 0.151. The average Bonchev–Trinajstić information content (AvgIpc) is 1.88. The number of hydrogen-bond donors (Lipinski definition) is 1. The summed E-state index contributed by atoms with van der Waals surface area (Å²) < 4.78 is 4.18. The number of rotatable bonds is 2. The maximum atomic E-state index is 9.82. The Balaban J connectivity index is 0. The van der Waals surface area contributed by atoms with E-state index in [0.717, 1.165) is 0 Å². The number of nitrogens with two attached hydrogens (primary N) is 1. The maximum Gasteiger partial charge on any atom is 0.303 e. The van der Waals surface area contributed by atoms with Crippen LogP contribution in [0.2, 0.25) is 0 Å². The highest BCUT2D eigenvalue weighted by Crippen LogP contribution is 1.68. The van der Waals surface area contributed by atoms with Crippen LogP contribution in [0, 0.1) is 0 Å². The number of carbonyl (C=O) groups is 2. The molecule has 9 heavy (non-hydrogen) atoms. The molecule has 0 saturated heterocycles. The van der Waals surface area contributed by atoms with E-state index in [1.165, 1.54) is 14.0 Å². The predicted octanol–water partition coefficient (Wildman–Crippen LogP) is -0.677. The van der Waals surface area contributed by atoms with Gasteiger partial charge in [-0.05, 0) is 7.05 Å². The highest BCUT2D eigenvalue weighted by atomic mass is 16.5. The molecule has 0 bridgehead atoms. The van der Waals surface area contributed by atoms with Crippen molar-refractivity contribution in [2.45, 2.75) is 6.92 Å². The Bertz CT molecular complexity index is 82.3. The van der Waals surface area contributed by atoms with E-state index in [1.54, 1.807) is 0 Å². The molecule has 0 aromatic rings. The molecule has 0 aliphatic heterocycles. The van der Waals surface area contributed by atoms with Gasteiger partial charge in [0.15, 0.2) is 6.29 Å². The lowest BCUT2D eigenvalue weighted by atomic mass is 10.8. The summed E-state index contributed by atoms with van der Waals surface area (Å²) in [6.07, 6.45) is 0.529. The summed E-state index contributed by atoms with van der Waals surface area (Å²) in [5.74, 6) is -0.424. The van der Waals surface area contributed by atoms with Crippen LogP contribution in [0.5, 0.6) is 0 Å². The van der Waals surface area contributed by atoms with Crippen LogP contribution in [-0.4, -0.2) is 25.9 Å². The fourth-order valence-electron chi connectivity index (χ4n) is 0.151. The Hall–Kier alpha value is -0.900. The lowest BCUT2D eigenvalue weighted by Gasteiger charge is -1.88. The van der Waals surface area contributed by atoms with Crippen LogP contribution in [0.1, 0.15) is 6.92 Å². The summed E-state index contributed by atoms with van der Waals surface area (Å²) in [5.41, 5.74) is 4.50. The zero-order valence-corrected chi connectivity index (χ0v) is 5.59. The summed E-state index contributed by atoms with van der Waals surface area (Å²) in [6.45, 7) is 1.12. The van der Waals surface area contributed by atoms with Gasteiger partial charge < -0.3 is 10.5 Å². The smallest absolute Gasteiger partial charge is 0.303 e. The van der Waals surface area contributed by atoms with Crippen molar-refractivity contribution in [3.05, 3.63) is 0 Å². The minimum absolute atomic E-state index is 0.130. The first-order valence-electron chi connectivity index (χ1n) is 2.42. The summed E-state index contributed by atoms with van der Waals surface area (Å²) in [6, 6.07) is 0. The quantitative estimate of drug-likeness (QED) is 0.400. The largest absolute Gasteiger partial charge is 0.458 e. The van der Waals surface area contributed by atoms with E-state index in [1.807, 2.05) is 0 Å². The third-order valence-corrected chi connectivity index (χ3v) is 0.355. The second kappa shape index (κ2) is 10.2. The van der Waals surface area contributed by atoms with Gasteiger partial charge in [0.25, 0.3) is 0 Å². The minimum atomic E-state index is -0.424. The van der Waals surface area contributed by atoms with Crippen molar-refractivity contribution in [3.63, 3.8) is 0 Å². The first kappa shape index (κ1) is 11.0. The van der Waals surface area contributed by atoms with Crippen molar-refractivity contribution < 1.29 is 14.3 Å². The Morgan fingerprint density at radius 2 is 2.11 bits per heavy atom. The van der Waals surface area contributed by atoms with Gasteiger partial charge in [0, 0.05) is 6.92 Å². The van der Waals surface area contributed by atoms with Crippen LogP contribution >= 0.6 is 0 Å². The lowest BCUT2D eigenvalue weighted by molar-refractivity contribution is -0.143. The molecule has 0 radical (unpaired) electrons. The molecule has 0 spiro atoms. The van der Waals surface area contributed by atoms with Gasteiger partial charge in [0.2, 0.25) is 0 Å². The summed E-state index contributed by atoms with van der Waals surface area (Å²) in [7, 11) is 1.50. The van der Waals surface area contributed by atoms with Crippen LogP contribution in [0.4, 0.5) is 0 Å². The second-order valence-electron chi connectivity index (χ2n) is 0.969. The van der Waals surface area contributed by atoms with E-state index >= 15 is 0 Å². The SMILES string of the molecule is CC(=O)OCC=O.CN. The molecule has 0 saturated carbocycles. The Labute approximate surface area is 54.0 Å². The Kier molecular flexibility index (Phi) is 12.4. The van der Waals surface area contributed by atoms with Crippen molar-refractivity contribution in [1.82, 2.24) is 0 Å². The Morgan fingerprint density at radius 3 is 2.22 bits per heavy atom. The van der Waals surface area contributed by atoms with Gasteiger partial charge >= 0.3 is 5.97 Å². The van der Waals surface area contributed by atoms with E-state index in [9.17, 15) is 9.59 Å². The first-order valence-corrected chi connectivity index (χ1v) is 2.42. The highest BCUT2D eigenvalue weighted by molar-refractivity contribution is 5.68. The molecule has 0 aliphatic carbocycles. The van der Waals surface area contributed by atoms with Crippen molar-refractivity contribution in [1.29, 1.82) is 0 Å². The number of carbonyl (C=O) groups excluding carboxylic acids is 2. The molecule has 0 amide bonds. The van der Waals surface area contributed by atoms with Gasteiger partial charge in [-0.3, -0.25) is 9.59 Å². The summed E-state index contributed by atoms with van der Waals surface area (Å²) in [5, 5.41) is 0. The van der Waals surface area contributed by atoms with E-state index in [0.29, 0.717) is 6.29 Å². The molecule has 0 aromatic carbocycles. The van der Waals surface area contributed by atoms with E-state index in [4.69, 9.17) is 0 Å². The zero-order chi connectivity index (χ0) is 7.70. The average molecular weight is 133 g/mol. The molecule has 2 N–H and O–H groups in total. The second-order valence-corrected chi connectivity index (χ2v) is 0.969. The molecule has 54 valence electrons. The standard InChI is InChI=1S/C4H6O3.CH5N/c1-4(6)7-3-2-5;1-2/h2H,3H2,1H3;2H2,1H3. The van der Waals surface area contributed by atoms with Crippen LogP contribution in [0.15, 0.2) is 0 Å². The molecule has 0 aromatic heterocycles. The molecule has 0 rings (SSSR count). The number of aldehydes is 1. The van der Waals surface area contributed by atoms with Crippen molar-refractivity contribution >= 4 is 12.3 Å². The fraction of sp³-hybridized carbons (Fsp3) is 0.600. The topological polar surface area (TPSA) is 69.4 Å². The van der Waals surface area contributed by atoms with Gasteiger partial charge in [-0.15, -0.1) is 0 Å². The maximum absolute atomic E-state index is 9.82. The van der Waals surface area contributed by atoms with Crippen LogP contribution in [0.25, 0.3) is 0 Å². The van der Waals surface area contributed by atoms with Gasteiger partial charge in [-0.25, -0.2) is 0 Å². The lowest BCUT2D eigenvalue weighted by Crippen LogP contribution is -2.00. The Morgan fingerprint density at radius 1 is 1.67 bits per heavy atom. The molecular formula is C5H11NO3. The molecule has 4 nitrogen and oxygen atoms in total. The summed E-state index contributed by atoms with van der Waals surface area (Å²) in [4.78, 5) is 19.3. The van der Waals surface area contributed by atoms with Gasteiger partial charge in [0.1, 0.15) is 6.61 Å². The molecule has 4 heteroatoms. The number of esters is 1. The van der Waals surface area contributed by atoms with E-state index < -0.39 is 5.97 Å². The zero-order valence-electron chi connectivity index (χ0n) is 5.59. The predicted molar refractivity (Wildman–Crippen MR) is 32.8 cm³/mol. The molecule has 0 heterocycles. The van der Waals surface area contributed by atoms with Gasteiger partial charge in [-0.1, -0.05) is 0 Å². The van der Waals surface area contributed by atoms with Crippen LogP contribution < -0.4 is 5.73 Å². The summed E-state index contributed by atoms with van der Waals surface area (Å²) >= 11 is 0. The third-order valence-electron chi connectivity index (χ3n) is 0.355. The minimum Gasteiger partial charge on any atom is -0.458 e. The van der Waals surface area contributed by atoms with E-state index in [-0.39, 0.29) is 6.61 Å². The third kappa shape index (κ3) is 19.2. The van der Waals surface area contributed by atoms with Crippen LogP contribution in [0.3, 0.4) is 0 Å². The first-order chi connectivity index (χ1) is 4.27. The monoisotopic (exact) mass is 133 g/mol. The van der Waals surface area contributed by atoms with Gasteiger partial charge in [0.05, 0.1) is 0 Å². The van der Waals surface area contributed by atoms with Crippen molar-refractivity contribution in [2.75, 3.05) is 13.7 Å². The van der Waals surface area contributed by atoms with Crippen LogP contribution in [-0.2, 0) is 14.3 Å². The normalized spacial score (nSPS) is 6.56. The molecule has 0 fully saturated rings. The molecule has 0 atom stereocenters. The number of ether oxygens (including phenoxy) is 1. The molecular weight excluding hydrogens is 122 g/mol. The van der Waals surface area contributed by atoms with E-state index in [2.05, 4.69) is 10.5 Å². The van der Waals surface area contributed by atoms with Crippen molar-refractivity contribution in [3.8, 4) is 0 Å². The highest BCUT2D eigenvalue weighted by Gasteiger charge is 1.85. The van der Waals surface area contributed by atoms with Gasteiger partial charge in [-0.2, -0.15) is 0 Å². The number of hydrogen-bond acceptors (Lipinski definition) is 4. The molecule has 0 aliphatic rings.